The van der Waals surface area contributed by atoms with Gasteiger partial charge in [-0.2, -0.15) is 0 Å². The zero-order chi connectivity index (χ0) is 12.5. The molecule has 0 aliphatic rings. The lowest BCUT2D eigenvalue weighted by Gasteiger charge is -2.08. The van der Waals surface area contributed by atoms with E-state index in [4.69, 9.17) is 4.74 Å². The van der Waals surface area contributed by atoms with Crippen molar-refractivity contribution in [2.24, 2.45) is 0 Å². The Kier molecular flexibility index (Phi) is 6.82. The third-order valence-electron chi connectivity index (χ3n) is 2.42. The lowest BCUT2D eigenvalue weighted by atomic mass is 10.2. The number of ether oxygens (including phenoxy) is 1. The minimum atomic E-state index is -0.172. The molecule has 0 spiro atoms. The normalized spacial score (nSPS) is 11.1. The minimum Gasteiger partial charge on any atom is -0.379 e. The van der Waals surface area contributed by atoms with Crippen molar-refractivity contribution in [1.82, 2.24) is 5.32 Å². The second-order valence-electron chi connectivity index (χ2n) is 4.43. The molecule has 1 aromatic rings. The van der Waals surface area contributed by atoms with E-state index in [9.17, 15) is 4.39 Å². The van der Waals surface area contributed by atoms with Crippen molar-refractivity contribution >= 4 is 0 Å². The molecule has 0 saturated carbocycles. The van der Waals surface area contributed by atoms with E-state index in [0.29, 0.717) is 6.10 Å². The molecule has 96 valence electrons. The van der Waals surface area contributed by atoms with E-state index in [1.807, 2.05) is 19.9 Å². The third kappa shape index (κ3) is 7.08. The molecule has 0 aliphatic heterocycles. The van der Waals surface area contributed by atoms with Crippen LogP contribution in [0.25, 0.3) is 0 Å². The molecule has 1 N–H and O–H groups in total. The van der Waals surface area contributed by atoms with Crippen LogP contribution < -0.4 is 5.32 Å². The highest BCUT2D eigenvalue weighted by atomic mass is 19.1. The van der Waals surface area contributed by atoms with Gasteiger partial charge in [0.05, 0.1) is 6.10 Å². The fourth-order valence-electron chi connectivity index (χ4n) is 1.55. The molecular formula is C14H22FNO. The van der Waals surface area contributed by atoms with Crippen LogP contribution >= 0.6 is 0 Å². The molecule has 0 bridgehead atoms. The van der Waals surface area contributed by atoms with Crippen LogP contribution in [0.5, 0.6) is 0 Å². The zero-order valence-corrected chi connectivity index (χ0v) is 10.7. The summed E-state index contributed by atoms with van der Waals surface area (Å²) in [6.45, 7) is 6.57. The first-order valence-electron chi connectivity index (χ1n) is 6.25. The predicted octanol–water partition coefficient (Wildman–Crippen LogP) is 3.12. The van der Waals surface area contributed by atoms with Gasteiger partial charge >= 0.3 is 0 Å². The summed E-state index contributed by atoms with van der Waals surface area (Å²) in [5.41, 5.74) is 0.989. The molecule has 3 heteroatoms. The Morgan fingerprint density at radius 1 is 1.29 bits per heavy atom. The summed E-state index contributed by atoms with van der Waals surface area (Å²) in [6.07, 6.45) is 2.46. The monoisotopic (exact) mass is 239 g/mol. The van der Waals surface area contributed by atoms with Crippen LogP contribution in [0.3, 0.4) is 0 Å². The molecule has 0 atom stereocenters. The first-order chi connectivity index (χ1) is 8.18. The van der Waals surface area contributed by atoms with Gasteiger partial charge in [-0.25, -0.2) is 4.39 Å². The SMILES string of the molecule is CC(C)OCCCCNCc1cccc(F)c1. The molecule has 1 rings (SSSR count). The summed E-state index contributed by atoms with van der Waals surface area (Å²) in [4.78, 5) is 0. The van der Waals surface area contributed by atoms with E-state index in [1.54, 1.807) is 12.1 Å². The van der Waals surface area contributed by atoms with Crippen molar-refractivity contribution < 1.29 is 9.13 Å². The minimum absolute atomic E-state index is 0.172. The number of rotatable bonds is 8. The van der Waals surface area contributed by atoms with E-state index < -0.39 is 0 Å². The lowest BCUT2D eigenvalue weighted by molar-refractivity contribution is 0.0760. The quantitative estimate of drug-likeness (QED) is 0.704. The highest BCUT2D eigenvalue weighted by Crippen LogP contribution is 2.02. The van der Waals surface area contributed by atoms with Crippen LogP contribution in [-0.2, 0) is 11.3 Å². The molecular weight excluding hydrogens is 217 g/mol. The molecule has 0 amide bonds. The number of unbranched alkanes of at least 4 members (excludes halogenated alkanes) is 1. The van der Waals surface area contributed by atoms with Gasteiger partial charge in [-0.05, 0) is 50.9 Å². The van der Waals surface area contributed by atoms with Gasteiger partial charge in [0.15, 0.2) is 0 Å². The van der Waals surface area contributed by atoms with Crippen LogP contribution in [0.2, 0.25) is 0 Å². The van der Waals surface area contributed by atoms with Crippen LogP contribution in [0.1, 0.15) is 32.3 Å². The predicted molar refractivity (Wildman–Crippen MR) is 68.4 cm³/mol. The van der Waals surface area contributed by atoms with Crippen molar-refractivity contribution in [2.45, 2.75) is 39.3 Å². The van der Waals surface area contributed by atoms with Crippen molar-refractivity contribution in [3.8, 4) is 0 Å². The molecule has 17 heavy (non-hydrogen) atoms. The number of benzene rings is 1. The van der Waals surface area contributed by atoms with Crippen molar-refractivity contribution in [3.63, 3.8) is 0 Å². The van der Waals surface area contributed by atoms with E-state index in [0.717, 1.165) is 38.1 Å². The van der Waals surface area contributed by atoms with Crippen LogP contribution in [-0.4, -0.2) is 19.3 Å². The molecule has 0 radical (unpaired) electrons. The fraction of sp³-hybridized carbons (Fsp3) is 0.571. The number of hydrogen-bond donors (Lipinski definition) is 1. The van der Waals surface area contributed by atoms with Gasteiger partial charge in [-0.15, -0.1) is 0 Å². The maximum atomic E-state index is 12.9. The molecule has 0 unspecified atom stereocenters. The van der Waals surface area contributed by atoms with Crippen molar-refractivity contribution in [2.75, 3.05) is 13.2 Å². The van der Waals surface area contributed by atoms with Gasteiger partial charge in [0.25, 0.3) is 0 Å². The highest BCUT2D eigenvalue weighted by Gasteiger charge is 1.96. The van der Waals surface area contributed by atoms with Gasteiger partial charge in [-0.1, -0.05) is 12.1 Å². The standard InChI is InChI=1S/C14H22FNO/c1-12(2)17-9-4-3-8-16-11-13-6-5-7-14(15)10-13/h5-7,10,12,16H,3-4,8-9,11H2,1-2H3. The van der Waals surface area contributed by atoms with Crippen LogP contribution in [0.4, 0.5) is 4.39 Å². The Labute approximate surface area is 103 Å². The van der Waals surface area contributed by atoms with Gasteiger partial charge in [0.1, 0.15) is 5.82 Å². The van der Waals surface area contributed by atoms with Gasteiger partial charge < -0.3 is 10.1 Å². The number of hydrogen-bond acceptors (Lipinski definition) is 2. The molecule has 0 saturated heterocycles. The average molecular weight is 239 g/mol. The topological polar surface area (TPSA) is 21.3 Å². The Hall–Kier alpha value is -0.930. The largest absolute Gasteiger partial charge is 0.379 e. The summed E-state index contributed by atoms with van der Waals surface area (Å²) in [6, 6.07) is 6.70. The summed E-state index contributed by atoms with van der Waals surface area (Å²) in [5, 5.41) is 3.29. The summed E-state index contributed by atoms with van der Waals surface area (Å²) in [5.74, 6) is -0.172. The summed E-state index contributed by atoms with van der Waals surface area (Å²) >= 11 is 0. The molecule has 0 heterocycles. The Bertz CT molecular complexity index is 315. The van der Waals surface area contributed by atoms with E-state index in [-0.39, 0.29) is 5.82 Å². The lowest BCUT2D eigenvalue weighted by Crippen LogP contribution is -2.15. The Balaban J connectivity index is 2.01. The molecule has 1 aromatic carbocycles. The zero-order valence-electron chi connectivity index (χ0n) is 10.7. The summed E-state index contributed by atoms with van der Waals surface area (Å²) in [7, 11) is 0. The third-order valence-corrected chi connectivity index (χ3v) is 2.42. The smallest absolute Gasteiger partial charge is 0.123 e. The van der Waals surface area contributed by atoms with E-state index >= 15 is 0 Å². The molecule has 2 nitrogen and oxygen atoms in total. The van der Waals surface area contributed by atoms with Crippen LogP contribution in [0, 0.1) is 5.82 Å². The van der Waals surface area contributed by atoms with Crippen LogP contribution in [0.15, 0.2) is 24.3 Å². The molecule has 0 fully saturated rings. The second kappa shape index (κ2) is 8.20. The average Bonchev–Trinajstić information content (AvgIpc) is 2.27. The number of halogens is 1. The second-order valence-corrected chi connectivity index (χ2v) is 4.43. The maximum Gasteiger partial charge on any atom is 0.123 e. The first kappa shape index (κ1) is 14.1. The van der Waals surface area contributed by atoms with Gasteiger partial charge in [-0.3, -0.25) is 0 Å². The van der Waals surface area contributed by atoms with Crippen molar-refractivity contribution in [3.05, 3.63) is 35.6 Å². The fourth-order valence-corrected chi connectivity index (χ4v) is 1.55. The van der Waals surface area contributed by atoms with E-state index in [1.165, 1.54) is 6.07 Å². The summed E-state index contributed by atoms with van der Waals surface area (Å²) < 4.78 is 18.3. The van der Waals surface area contributed by atoms with E-state index in [2.05, 4.69) is 5.32 Å². The maximum absolute atomic E-state index is 12.9. The Morgan fingerprint density at radius 2 is 2.12 bits per heavy atom. The molecule has 0 aliphatic carbocycles. The first-order valence-corrected chi connectivity index (χ1v) is 6.25. The van der Waals surface area contributed by atoms with Gasteiger partial charge in [0.2, 0.25) is 0 Å². The molecule has 0 aromatic heterocycles. The van der Waals surface area contributed by atoms with Crippen molar-refractivity contribution in [1.29, 1.82) is 0 Å². The highest BCUT2D eigenvalue weighted by molar-refractivity contribution is 5.15. The Morgan fingerprint density at radius 3 is 2.82 bits per heavy atom. The number of nitrogens with one attached hydrogen (secondary N) is 1. The van der Waals surface area contributed by atoms with Gasteiger partial charge in [0, 0.05) is 13.2 Å².